The van der Waals surface area contributed by atoms with Crippen molar-refractivity contribution in [2.45, 2.75) is 88.1 Å². The number of aryl methyl sites for hydroxylation is 1. The Labute approximate surface area is 369 Å². The number of imide groups is 1. The number of nitrogens with one attached hydrogen (secondary N) is 2. The highest BCUT2D eigenvalue weighted by molar-refractivity contribution is 6.08. The quantitative estimate of drug-likeness (QED) is 0.102. The van der Waals surface area contributed by atoms with Crippen LogP contribution in [0.2, 0.25) is 0 Å². The highest BCUT2D eigenvalue weighted by Gasteiger charge is 2.35. The van der Waals surface area contributed by atoms with Gasteiger partial charge in [0.15, 0.2) is 11.3 Å². The summed E-state index contributed by atoms with van der Waals surface area (Å²) in [7, 11) is 1.78. The van der Waals surface area contributed by atoms with E-state index >= 15 is 4.39 Å². The predicted molar refractivity (Wildman–Crippen MR) is 225 cm³/mol. The third-order valence-electron chi connectivity index (χ3n) is 12.8. The van der Waals surface area contributed by atoms with Crippen molar-refractivity contribution in [2.24, 2.45) is 13.0 Å². The maximum Gasteiger partial charge on any atom is 0.284 e. The first-order chi connectivity index (χ1) is 31.4. The standard InChI is InChI=1S/C44H48F5N11O5/c1-56-39-26(4-2-6-28(39)37(54-56)29-11-12-36(61)53-43(29)62)5-3-18-64-33-13-15-57(22-31(33)45)21-25-7-9-27(10-8-25)60-23-32(38(55-60)41(48)49)51-44(63)30-20-50-59-16-14-35(52-42(30)59)58-17-19-65-34(24-58)40(46)47/h2,4,6,14,16,20,23,25,27,29,31,33-34,40-41H,7-13,15,17-19,21-22,24H2,1H3,(H,51,63)(H,53,61,62)/t25?,27?,29?,31-,33+,34?/m1/s1. The largest absolute Gasteiger partial charge is 0.369 e. The molecule has 3 aliphatic heterocycles. The smallest absolute Gasteiger partial charge is 0.284 e. The second kappa shape index (κ2) is 18.9. The summed E-state index contributed by atoms with van der Waals surface area (Å²) in [6.07, 6.45) is -0.426. The molecule has 4 aliphatic rings. The normalized spacial score (nSPS) is 24.5. The molecule has 9 rings (SSSR count). The number of amides is 3. The molecule has 1 saturated carbocycles. The van der Waals surface area contributed by atoms with E-state index in [-0.39, 0.29) is 73.4 Å². The Balaban J connectivity index is 0.757. The van der Waals surface area contributed by atoms with E-state index in [0.717, 1.165) is 23.7 Å². The van der Waals surface area contributed by atoms with Gasteiger partial charge in [0.25, 0.3) is 18.8 Å². The molecular weight excluding hydrogens is 858 g/mol. The number of anilines is 2. The van der Waals surface area contributed by atoms with Crippen molar-refractivity contribution < 1.29 is 45.8 Å². The Hall–Kier alpha value is -5.98. The van der Waals surface area contributed by atoms with Crippen LogP contribution in [0.15, 0.2) is 42.9 Å². The van der Waals surface area contributed by atoms with Crippen LogP contribution in [0, 0.1) is 17.8 Å². The molecule has 65 heavy (non-hydrogen) atoms. The molecule has 4 atom stereocenters. The number of carbonyl (C=O) groups is 3. The summed E-state index contributed by atoms with van der Waals surface area (Å²) < 4.78 is 86.3. The van der Waals surface area contributed by atoms with Crippen molar-refractivity contribution >= 4 is 45.8 Å². The highest BCUT2D eigenvalue weighted by Crippen LogP contribution is 2.36. The molecule has 7 heterocycles. The predicted octanol–water partition coefficient (Wildman–Crippen LogP) is 5.20. The number of benzene rings is 1. The van der Waals surface area contributed by atoms with Crippen LogP contribution in [-0.2, 0) is 26.1 Å². The van der Waals surface area contributed by atoms with Gasteiger partial charge in [0.1, 0.15) is 30.3 Å². The zero-order chi connectivity index (χ0) is 45.4. The number of hydrogen-bond acceptors (Lipinski definition) is 11. The van der Waals surface area contributed by atoms with Crippen LogP contribution >= 0.6 is 0 Å². The molecular formula is C44H48F5N11O5. The van der Waals surface area contributed by atoms with E-state index in [1.54, 1.807) is 28.9 Å². The Kier molecular flexibility index (Phi) is 12.8. The number of hydrogen-bond donors (Lipinski definition) is 2. The Morgan fingerprint density at radius 2 is 1.88 bits per heavy atom. The summed E-state index contributed by atoms with van der Waals surface area (Å²) >= 11 is 0. The van der Waals surface area contributed by atoms with Crippen molar-refractivity contribution in [1.82, 2.24) is 44.4 Å². The van der Waals surface area contributed by atoms with Crippen molar-refractivity contribution in [2.75, 3.05) is 56.2 Å². The molecule has 16 nitrogen and oxygen atoms in total. The summed E-state index contributed by atoms with van der Waals surface area (Å²) in [5.74, 6) is 4.88. The Morgan fingerprint density at radius 3 is 2.65 bits per heavy atom. The fraction of sp³-hybridized carbons (Fsp3) is 0.523. The number of likely N-dealkylation sites (tertiary alicyclic amines) is 1. The lowest BCUT2D eigenvalue weighted by Crippen LogP contribution is -2.47. The number of alkyl halides is 5. The first-order valence-corrected chi connectivity index (χ1v) is 21.8. The van der Waals surface area contributed by atoms with Crippen LogP contribution in [0.3, 0.4) is 0 Å². The molecule has 0 bridgehead atoms. The summed E-state index contributed by atoms with van der Waals surface area (Å²) in [5, 5.41) is 18.7. The second-order valence-corrected chi connectivity index (χ2v) is 17.1. The van der Waals surface area contributed by atoms with Gasteiger partial charge < -0.3 is 19.7 Å². The number of fused-ring (bicyclic) bond motifs is 2. The molecule has 0 spiro atoms. The van der Waals surface area contributed by atoms with E-state index in [1.807, 2.05) is 18.2 Å². The maximum absolute atomic E-state index is 15.5. The van der Waals surface area contributed by atoms with Gasteiger partial charge in [-0.05, 0) is 56.6 Å². The van der Waals surface area contributed by atoms with Crippen molar-refractivity contribution in [3.05, 3.63) is 65.4 Å². The van der Waals surface area contributed by atoms with Gasteiger partial charge in [0, 0.05) is 57.4 Å². The molecule has 1 aromatic carbocycles. The van der Waals surface area contributed by atoms with Crippen LogP contribution in [0.5, 0.6) is 0 Å². The van der Waals surface area contributed by atoms with Gasteiger partial charge in [-0.15, -0.1) is 0 Å². The molecule has 5 aromatic rings. The molecule has 1 aliphatic carbocycles. The number of ether oxygens (including phenoxy) is 2. The van der Waals surface area contributed by atoms with E-state index in [9.17, 15) is 31.9 Å². The molecule has 2 N–H and O–H groups in total. The van der Waals surface area contributed by atoms with Gasteiger partial charge in [-0.25, -0.2) is 31.5 Å². The van der Waals surface area contributed by atoms with Gasteiger partial charge in [-0.3, -0.25) is 34.0 Å². The van der Waals surface area contributed by atoms with Crippen LogP contribution in [0.4, 0.5) is 33.5 Å². The number of carbonyl (C=O) groups excluding carboxylic acids is 3. The monoisotopic (exact) mass is 905 g/mol. The average Bonchev–Trinajstić information content (AvgIpc) is 4.01. The Bertz CT molecular complexity index is 2630. The minimum Gasteiger partial charge on any atom is -0.369 e. The van der Waals surface area contributed by atoms with E-state index in [2.05, 4.69) is 47.7 Å². The van der Waals surface area contributed by atoms with Crippen molar-refractivity contribution in [3.8, 4) is 11.8 Å². The molecule has 0 radical (unpaired) electrons. The summed E-state index contributed by atoms with van der Waals surface area (Å²) in [5.41, 5.74) is 1.51. The second-order valence-electron chi connectivity index (χ2n) is 17.1. The molecule has 2 unspecified atom stereocenters. The molecule has 4 aromatic heterocycles. The number of halogens is 5. The number of aromatic nitrogens is 7. The number of nitrogens with zero attached hydrogens (tertiary/aromatic N) is 9. The Morgan fingerprint density at radius 1 is 1.05 bits per heavy atom. The average molecular weight is 906 g/mol. The fourth-order valence-electron chi connectivity index (χ4n) is 9.49. The molecule has 21 heteroatoms. The molecule has 4 fully saturated rings. The topological polar surface area (TPSA) is 166 Å². The number of morpholine rings is 1. The number of para-hydroxylation sites is 1. The first kappa shape index (κ1) is 44.2. The van der Waals surface area contributed by atoms with Gasteiger partial charge in [0.05, 0.1) is 59.9 Å². The lowest BCUT2D eigenvalue weighted by Gasteiger charge is -2.38. The number of rotatable bonds is 11. The van der Waals surface area contributed by atoms with E-state index < -0.39 is 48.7 Å². The summed E-state index contributed by atoms with van der Waals surface area (Å²) in [6, 6.07) is 7.00. The first-order valence-electron chi connectivity index (χ1n) is 21.8. The van der Waals surface area contributed by atoms with Crippen LogP contribution in [0.25, 0.3) is 16.6 Å². The summed E-state index contributed by atoms with van der Waals surface area (Å²) in [6.45, 7) is 1.94. The van der Waals surface area contributed by atoms with Crippen molar-refractivity contribution in [3.63, 3.8) is 0 Å². The molecule has 3 saturated heterocycles. The third kappa shape index (κ3) is 9.42. The number of piperidine rings is 2. The molecule has 344 valence electrons. The lowest BCUT2D eigenvalue weighted by molar-refractivity contribution is -0.134. The zero-order valence-electron chi connectivity index (χ0n) is 35.5. The van der Waals surface area contributed by atoms with E-state index in [4.69, 9.17) is 9.47 Å². The zero-order valence-corrected chi connectivity index (χ0v) is 35.5. The lowest BCUT2D eigenvalue weighted by atomic mass is 9.85. The van der Waals surface area contributed by atoms with Crippen LogP contribution < -0.4 is 15.5 Å². The van der Waals surface area contributed by atoms with Crippen molar-refractivity contribution in [1.29, 1.82) is 0 Å². The highest BCUT2D eigenvalue weighted by atomic mass is 19.3. The van der Waals surface area contributed by atoms with Gasteiger partial charge in [0.2, 0.25) is 11.8 Å². The van der Waals surface area contributed by atoms with Gasteiger partial charge in [-0.2, -0.15) is 15.3 Å². The SMILES string of the molecule is Cn1nc(C2CCC(=O)NC2=O)c2cccc(C#CCO[C@H]3CCN(CC4CCC(n5cc(NC(=O)c6cnn7ccc(N8CCOC(C(F)F)C8)nc67)c(C(F)F)n5)CC4)C[C@H]3F)c21. The minimum atomic E-state index is -2.96. The van der Waals surface area contributed by atoms with Crippen LogP contribution in [-0.4, -0.2) is 128 Å². The maximum atomic E-state index is 15.5. The fourth-order valence-corrected chi connectivity index (χ4v) is 9.49. The minimum absolute atomic E-state index is 0.0123. The third-order valence-corrected chi connectivity index (χ3v) is 12.8. The van der Waals surface area contributed by atoms with E-state index in [0.29, 0.717) is 62.4 Å². The van der Waals surface area contributed by atoms with Gasteiger partial charge in [-0.1, -0.05) is 24.0 Å². The summed E-state index contributed by atoms with van der Waals surface area (Å²) in [4.78, 5) is 46.0. The molecule has 3 amide bonds. The van der Waals surface area contributed by atoms with E-state index in [1.165, 1.54) is 21.6 Å². The van der Waals surface area contributed by atoms with Crippen LogP contribution in [0.1, 0.15) is 90.6 Å². The van der Waals surface area contributed by atoms with Gasteiger partial charge >= 0.3 is 0 Å².